The second kappa shape index (κ2) is 11.6. The minimum absolute atomic E-state index is 0.121. The Bertz CT molecular complexity index is 1300. The molecule has 0 aliphatic heterocycles. The summed E-state index contributed by atoms with van der Waals surface area (Å²) < 4.78 is 0. The van der Waals surface area contributed by atoms with E-state index in [-0.39, 0.29) is 33.6 Å². The lowest BCUT2D eigenvalue weighted by Gasteiger charge is -2.20. The highest BCUT2D eigenvalue weighted by atomic mass is 35.5. The van der Waals surface area contributed by atoms with E-state index in [9.17, 15) is 20.2 Å². The minimum Gasteiger partial charge on any atom is -0.258 e. The first-order chi connectivity index (χ1) is 17.1. The van der Waals surface area contributed by atoms with Crippen molar-refractivity contribution in [1.29, 1.82) is 10.5 Å². The highest BCUT2D eigenvalue weighted by Gasteiger charge is 2.30. The molecule has 36 heavy (non-hydrogen) atoms. The lowest BCUT2D eigenvalue weighted by molar-refractivity contribution is -0.385. The number of rotatable bonds is 8. The maximum atomic E-state index is 11.5. The summed E-state index contributed by atoms with van der Waals surface area (Å²) in [5.74, 6) is 0. The maximum absolute atomic E-state index is 11.5. The third-order valence-electron chi connectivity index (χ3n) is 5.39. The van der Waals surface area contributed by atoms with Crippen LogP contribution in [-0.4, -0.2) is 9.85 Å². The molecule has 3 aromatic carbocycles. The van der Waals surface area contributed by atoms with Gasteiger partial charge in [0.25, 0.3) is 11.4 Å². The number of halogens is 4. The molecular weight excluding hydrogens is 550 g/mol. The Balaban J connectivity index is 1.85. The Labute approximate surface area is 225 Å². The van der Waals surface area contributed by atoms with E-state index in [1.54, 1.807) is 24.3 Å². The number of nitriles is 2. The first-order valence-corrected chi connectivity index (χ1v) is 11.9. The molecule has 8 nitrogen and oxygen atoms in total. The fourth-order valence-corrected chi connectivity index (χ4v) is 4.75. The van der Waals surface area contributed by atoms with Gasteiger partial charge in [0.1, 0.15) is 0 Å². The van der Waals surface area contributed by atoms with E-state index in [0.717, 1.165) is 12.1 Å². The van der Waals surface area contributed by atoms with Crippen molar-refractivity contribution in [2.45, 2.75) is 21.5 Å². The van der Waals surface area contributed by atoms with Gasteiger partial charge in [0.2, 0.25) is 0 Å². The summed E-state index contributed by atoms with van der Waals surface area (Å²) in [6, 6.07) is 18.1. The predicted octanol–water partition coefficient (Wildman–Crippen LogP) is 7.77. The van der Waals surface area contributed by atoms with Gasteiger partial charge < -0.3 is 0 Å². The first-order valence-electron chi connectivity index (χ1n) is 10.1. The van der Waals surface area contributed by atoms with Crippen LogP contribution in [-0.2, 0) is 0 Å². The number of nitrogens with zero attached hydrogens (tertiary/aromatic N) is 4. The van der Waals surface area contributed by atoms with Gasteiger partial charge in [-0.3, -0.25) is 20.2 Å². The lowest BCUT2D eigenvalue weighted by Crippen LogP contribution is -2.06. The van der Waals surface area contributed by atoms with Crippen LogP contribution >= 0.6 is 46.4 Å². The van der Waals surface area contributed by atoms with Crippen LogP contribution in [0.3, 0.4) is 0 Å². The van der Waals surface area contributed by atoms with Crippen LogP contribution in [0.15, 0.2) is 60.7 Å². The molecule has 0 heterocycles. The molecule has 0 N–H and O–H groups in total. The van der Waals surface area contributed by atoms with Gasteiger partial charge in [0.05, 0.1) is 54.6 Å². The van der Waals surface area contributed by atoms with Crippen molar-refractivity contribution in [3.05, 3.63) is 114 Å². The lowest BCUT2D eigenvalue weighted by atomic mass is 9.97. The second-order valence-corrected chi connectivity index (χ2v) is 9.44. The average Bonchev–Trinajstić information content (AvgIpc) is 2.90. The zero-order valence-corrected chi connectivity index (χ0v) is 21.0. The fourth-order valence-electron chi connectivity index (χ4n) is 3.53. The molecule has 4 atom stereocenters. The Morgan fingerprint density at radius 1 is 0.611 bits per heavy atom. The van der Waals surface area contributed by atoms with Crippen LogP contribution in [0.4, 0.5) is 11.4 Å². The third-order valence-corrected chi connectivity index (χ3v) is 7.63. The summed E-state index contributed by atoms with van der Waals surface area (Å²) in [6.45, 7) is 0. The van der Waals surface area contributed by atoms with Crippen LogP contribution in [0.25, 0.3) is 0 Å². The number of nitro benzene ring substituents is 2. The highest BCUT2D eigenvalue weighted by molar-refractivity contribution is 6.31. The molecule has 0 aliphatic rings. The SMILES string of the molecule is N#Cc1ccc([C@@H](Cl)[C@H](Cl)c2ccc([C@H](Cl)[C@H](Cl)c3ccc(C#N)cc3[N+](=O)[O-])cc2)c([N+](=O)[O-])c1. The molecule has 0 saturated carbocycles. The van der Waals surface area contributed by atoms with Crippen molar-refractivity contribution in [2.75, 3.05) is 0 Å². The van der Waals surface area contributed by atoms with E-state index in [0.29, 0.717) is 11.1 Å². The molecule has 0 amide bonds. The summed E-state index contributed by atoms with van der Waals surface area (Å²) in [5, 5.41) is 37.2. The molecule has 0 aliphatic carbocycles. The predicted molar refractivity (Wildman–Crippen MR) is 136 cm³/mol. The van der Waals surface area contributed by atoms with E-state index in [1.165, 1.54) is 24.3 Å². The molecule has 0 radical (unpaired) electrons. The summed E-state index contributed by atoms with van der Waals surface area (Å²) in [6.07, 6.45) is 0. The fraction of sp³-hybridized carbons (Fsp3) is 0.167. The quantitative estimate of drug-likeness (QED) is 0.156. The van der Waals surface area contributed by atoms with E-state index in [2.05, 4.69) is 0 Å². The number of hydrogen-bond acceptors (Lipinski definition) is 6. The normalized spacial score (nSPS) is 14.1. The van der Waals surface area contributed by atoms with E-state index in [4.69, 9.17) is 56.9 Å². The zero-order valence-electron chi connectivity index (χ0n) is 18.0. The third kappa shape index (κ3) is 5.70. The molecule has 0 unspecified atom stereocenters. The van der Waals surface area contributed by atoms with E-state index in [1.807, 2.05) is 12.1 Å². The van der Waals surface area contributed by atoms with Gasteiger partial charge in [0.15, 0.2) is 0 Å². The van der Waals surface area contributed by atoms with Gasteiger partial charge in [-0.1, -0.05) is 24.3 Å². The Kier molecular flexibility index (Phi) is 8.73. The van der Waals surface area contributed by atoms with Gasteiger partial charge in [-0.25, -0.2) is 0 Å². The summed E-state index contributed by atoms with van der Waals surface area (Å²) >= 11 is 26.0. The molecule has 0 bridgehead atoms. The zero-order chi connectivity index (χ0) is 26.6. The van der Waals surface area contributed by atoms with Crippen LogP contribution in [0.1, 0.15) is 54.9 Å². The van der Waals surface area contributed by atoms with Crippen molar-refractivity contribution >= 4 is 57.8 Å². The van der Waals surface area contributed by atoms with Gasteiger partial charge in [-0.15, -0.1) is 46.4 Å². The molecule has 0 fully saturated rings. The monoisotopic (exact) mass is 562 g/mol. The molecule has 12 heteroatoms. The number of hydrogen-bond donors (Lipinski definition) is 0. The summed E-state index contributed by atoms with van der Waals surface area (Å²) in [7, 11) is 0. The smallest absolute Gasteiger partial charge is 0.258 e. The Hall–Kier alpha value is -3.40. The van der Waals surface area contributed by atoms with Gasteiger partial charge in [-0.2, -0.15) is 10.5 Å². The van der Waals surface area contributed by atoms with E-state index >= 15 is 0 Å². The molecule has 0 aromatic heterocycles. The minimum atomic E-state index is -0.987. The maximum Gasteiger partial charge on any atom is 0.275 e. The van der Waals surface area contributed by atoms with Crippen LogP contribution in [0.5, 0.6) is 0 Å². The van der Waals surface area contributed by atoms with Gasteiger partial charge in [-0.05, 0) is 35.4 Å². The first kappa shape index (κ1) is 27.2. The molecule has 0 saturated heterocycles. The Morgan fingerprint density at radius 2 is 0.944 bits per heavy atom. The second-order valence-electron chi connectivity index (χ2n) is 7.56. The molecule has 182 valence electrons. The average molecular weight is 564 g/mol. The molecular formula is C24H14Cl4N4O4. The van der Waals surface area contributed by atoms with Crippen molar-refractivity contribution in [3.63, 3.8) is 0 Å². The number of nitro groups is 2. The van der Waals surface area contributed by atoms with Crippen LogP contribution in [0.2, 0.25) is 0 Å². The Morgan fingerprint density at radius 3 is 1.22 bits per heavy atom. The van der Waals surface area contributed by atoms with Gasteiger partial charge in [0, 0.05) is 23.3 Å². The molecule has 0 spiro atoms. The summed E-state index contributed by atoms with van der Waals surface area (Å²) in [5.41, 5.74) is 1.02. The number of alkyl halides is 4. The van der Waals surface area contributed by atoms with Crippen molar-refractivity contribution in [1.82, 2.24) is 0 Å². The molecule has 3 aromatic rings. The van der Waals surface area contributed by atoms with Crippen LogP contribution in [0, 0.1) is 42.9 Å². The van der Waals surface area contributed by atoms with Crippen LogP contribution < -0.4 is 0 Å². The van der Waals surface area contributed by atoms with Crippen molar-refractivity contribution in [2.24, 2.45) is 0 Å². The number of benzene rings is 3. The topological polar surface area (TPSA) is 134 Å². The summed E-state index contributed by atoms with van der Waals surface area (Å²) in [4.78, 5) is 21.7. The standard InChI is InChI=1S/C24H14Cl4N4O4/c25-21(23(27)17-7-1-13(11-29)9-19(17)31(33)34)15-3-5-16(6-4-15)22(26)24(28)18-8-2-14(12-30)10-20(18)32(35)36/h1-10,21-24H/t21-,22+,23-,24-/m1/s1. The highest BCUT2D eigenvalue weighted by Crippen LogP contribution is 2.45. The molecule has 3 rings (SSSR count). The van der Waals surface area contributed by atoms with Crippen molar-refractivity contribution in [3.8, 4) is 12.1 Å². The largest absolute Gasteiger partial charge is 0.275 e. The van der Waals surface area contributed by atoms with E-state index < -0.39 is 31.4 Å². The van der Waals surface area contributed by atoms with Crippen molar-refractivity contribution < 1.29 is 9.85 Å². The van der Waals surface area contributed by atoms with Gasteiger partial charge >= 0.3 is 0 Å².